The first-order valence-corrected chi connectivity index (χ1v) is 9.15. The second-order valence-electron chi connectivity index (χ2n) is 5.39. The van der Waals surface area contributed by atoms with Crippen LogP contribution in [-0.4, -0.2) is 29.6 Å². The van der Waals surface area contributed by atoms with E-state index in [2.05, 4.69) is 27.7 Å². The topological polar surface area (TPSA) is 127 Å². The van der Waals surface area contributed by atoms with Crippen LogP contribution in [0.1, 0.15) is 79.1 Å². The van der Waals surface area contributed by atoms with E-state index >= 15 is 0 Å². The SMILES string of the molecule is CCCCCC(C)N.CCCCCC(C)N.O=S(=O)(O)O. The highest BCUT2D eigenvalue weighted by Crippen LogP contribution is 2.00. The third-order valence-electron chi connectivity index (χ3n) is 2.53. The quantitative estimate of drug-likeness (QED) is 0.400. The van der Waals surface area contributed by atoms with E-state index in [9.17, 15) is 0 Å². The first-order valence-electron chi connectivity index (χ1n) is 7.75. The van der Waals surface area contributed by atoms with Crippen molar-refractivity contribution >= 4 is 10.4 Å². The van der Waals surface area contributed by atoms with Crippen LogP contribution in [0, 0.1) is 0 Å². The second-order valence-corrected chi connectivity index (χ2v) is 6.29. The Labute approximate surface area is 131 Å². The van der Waals surface area contributed by atoms with Crippen LogP contribution in [0.25, 0.3) is 0 Å². The highest BCUT2D eigenvalue weighted by molar-refractivity contribution is 7.79. The Kier molecular flexibility index (Phi) is 21.9. The third-order valence-corrected chi connectivity index (χ3v) is 2.53. The minimum absolute atomic E-state index is 0.404. The van der Waals surface area contributed by atoms with Gasteiger partial charge in [0.2, 0.25) is 0 Å². The average molecular weight is 329 g/mol. The third kappa shape index (κ3) is 65.3. The van der Waals surface area contributed by atoms with E-state index in [1.807, 2.05) is 0 Å². The second kappa shape index (κ2) is 17.8. The predicted octanol–water partition coefficient (Wildman–Crippen LogP) is 3.18. The van der Waals surface area contributed by atoms with Gasteiger partial charge in [-0.05, 0) is 26.7 Å². The smallest absolute Gasteiger partial charge is 0.328 e. The lowest BCUT2D eigenvalue weighted by Gasteiger charge is -2.01. The molecule has 2 unspecified atom stereocenters. The van der Waals surface area contributed by atoms with Gasteiger partial charge in [0, 0.05) is 12.1 Å². The molecule has 6 N–H and O–H groups in total. The molecule has 0 saturated heterocycles. The monoisotopic (exact) mass is 328 g/mol. The Morgan fingerprint density at radius 1 is 0.810 bits per heavy atom. The molecule has 21 heavy (non-hydrogen) atoms. The number of nitrogens with two attached hydrogens (primary N) is 2. The zero-order valence-electron chi connectivity index (χ0n) is 14.1. The average Bonchev–Trinajstić information content (AvgIpc) is 2.27. The van der Waals surface area contributed by atoms with E-state index in [0.29, 0.717) is 12.1 Å². The summed E-state index contributed by atoms with van der Waals surface area (Å²) in [4.78, 5) is 0. The minimum Gasteiger partial charge on any atom is -0.328 e. The molecule has 0 spiro atoms. The van der Waals surface area contributed by atoms with Crippen LogP contribution in [0.5, 0.6) is 0 Å². The van der Waals surface area contributed by atoms with Crippen LogP contribution in [0.4, 0.5) is 0 Å². The van der Waals surface area contributed by atoms with Gasteiger partial charge < -0.3 is 11.5 Å². The van der Waals surface area contributed by atoms with Crippen LogP contribution < -0.4 is 11.5 Å². The van der Waals surface area contributed by atoms with Crippen LogP contribution in [0.15, 0.2) is 0 Å². The molecular formula is C14H36N2O4S. The van der Waals surface area contributed by atoms with Gasteiger partial charge in [0.05, 0.1) is 0 Å². The fourth-order valence-corrected chi connectivity index (χ4v) is 1.43. The number of hydrogen-bond donors (Lipinski definition) is 4. The Morgan fingerprint density at radius 2 is 1.05 bits per heavy atom. The minimum atomic E-state index is -4.67. The van der Waals surface area contributed by atoms with Gasteiger partial charge in [-0.1, -0.05) is 52.4 Å². The van der Waals surface area contributed by atoms with E-state index in [0.717, 1.165) is 0 Å². The summed E-state index contributed by atoms with van der Waals surface area (Å²) in [5.74, 6) is 0. The fourth-order valence-electron chi connectivity index (χ4n) is 1.43. The Bertz CT molecular complexity index is 259. The van der Waals surface area contributed by atoms with E-state index in [1.54, 1.807) is 0 Å². The molecule has 0 aliphatic carbocycles. The normalized spacial score (nSPS) is 13.3. The van der Waals surface area contributed by atoms with E-state index in [1.165, 1.54) is 51.4 Å². The predicted molar refractivity (Wildman–Crippen MR) is 89.8 cm³/mol. The summed E-state index contributed by atoms with van der Waals surface area (Å²) in [6.45, 7) is 8.55. The first kappa shape index (κ1) is 25.7. The lowest BCUT2D eigenvalue weighted by molar-refractivity contribution is 0.381. The summed E-state index contributed by atoms with van der Waals surface area (Å²) in [7, 11) is -4.67. The summed E-state index contributed by atoms with van der Waals surface area (Å²) in [5, 5.41) is 0. The van der Waals surface area contributed by atoms with Gasteiger partial charge >= 0.3 is 10.4 Å². The van der Waals surface area contributed by atoms with Crippen molar-refractivity contribution in [3.8, 4) is 0 Å². The maximum absolute atomic E-state index is 8.74. The van der Waals surface area contributed by atoms with Crippen molar-refractivity contribution in [2.24, 2.45) is 11.5 Å². The molecule has 7 heteroatoms. The van der Waals surface area contributed by atoms with Crippen molar-refractivity contribution in [2.75, 3.05) is 0 Å². The fraction of sp³-hybridized carbons (Fsp3) is 1.00. The first-order chi connectivity index (χ1) is 9.54. The van der Waals surface area contributed by atoms with Gasteiger partial charge in [0.15, 0.2) is 0 Å². The van der Waals surface area contributed by atoms with Crippen molar-refractivity contribution in [1.82, 2.24) is 0 Å². The molecule has 0 rings (SSSR count). The highest BCUT2D eigenvalue weighted by atomic mass is 32.3. The van der Waals surface area contributed by atoms with Crippen LogP contribution in [0.3, 0.4) is 0 Å². The van der Waals surface area contributed by atoms with Crippen LogP contribution in [0.2, 0.25) is 0 Å². The molecule has 132 valence electrons. The van der Waals surface area contributed by atoms with Crippen molar-refractivity contribution in [3.63, 3.8) is 0 Å². The molecule has 0 aliphatic heterocycles. The number of hydrogen-bond acceptors (Lipinski definition) is 4. The zero-order chi connectivity index (χ0) is 17.3. The van der Waals surface area contributed by atoms with Gasteiger partial charge in [-0.25, -0.2) is 0 Å². The molecule has 0 aromatic heterocycles. The largest absolute Gasteiger partial charge is 0.394 e. The molecular weight excluding hydrogens is 292 g/mol. The van der Waals surface area contributed by atoms with E-state index < -0.39 is 10.4 Å². The standard InChI is InChI=1S/2C7H17N.H2O4S/c2*1-3-4-5-6-7(2)8;1-5(2,3)4/h2*7H,3-6,8H2,1-2H3;(H2,1,2,3,4). The molecule has 0 fully saturated rings. The van der Waals surface area contributed by atoms with Crippen molar-refractivity contribution in [2.45, 2.75) is 91.1 Å². The molecule has 0 aromatic rings. The van der Waals surface area contributed by atoms with Gasteiger partial charge in [-0.15, -0.1) is 0 Å². The molecule has 2 atom stereocenters. The summed E-state index contributed by atoms with van der Waals surface area (Å²) in [6.07, 6.45) is 10.2. The Morgan fingerprint density at radius 3 is 1.19 bits per heavy atom. The molecule has 6 nitrogen and oxygen atoms in total. The molecule has 0 saturated carbocycles. The maximum Gasteiger partial charge on any atom is 0.394 e. The van der Waals surface area contributed by atoms with E-state index in [-0.39, 0.29) is 0 Å². The number of unbranched alkanes of at least 4 members (excludes halogenated alkanes) is 4. The van der Waals surface area contributed by atoms with Gasteiger partial charge in [-0.3, -0.25) is 9.11 Å². The summed E-state index contributed by atoms with van der Waals surface area (Å²) in [6, 6.07) is 0.808. The Balaban J connectivity index is -0.000000239. The zero-order valence-corrected chi connectivity index (χ0v) is 14.9. The van der Waals surface area contributed by atoms with Crippen molar-refractivity contribution in [3.05, 3.63) is 0 Å². The Hall–Kier alpha value is -0.210. The molecule has 0 amide bonds. The molecule has 0 heterocycles. The summed E-state index contributed by atoms with van der Waals surface area (Å²) in [5.41, 5.74) is 11.1. The molecule has 0 aliphatic rings. The van der Waals surface area contributed by atoms with Crippen LogP contribution in [-0.2, 0) is 10.4 Å². The van der Waals surface area contributed by atoms with Crippen molar-refractivity contribution < 1.29 is 17.5 Å². The summed E-state index contributed by atoms with van der Waals surface area (Å²) >= 11 is 0. The molecule has 0 radical (unpaired) electrons. The maximum atomic E-state index is 8.74. The summed E-state index contributed by atoms with van der Waals surface area (Å²) < 4.78 is 31.6. The lowest BCUT2D eigenvalue weighted by Crippen LogP contribution is -2.13. The lowest BCUT2D eigenvalue weighted by atomic mass is 10.1. The van der Waals surface area contributed by atoms with Crippen LogP contribution >= 0.6 is 0 Å². The van der Waals surface area contributed by atoms with E-state index in [4.69, 9.17) is 29.0 Å². The van der Waals surface area contributed by atoms with Crippen molar-refractivity contribution in [1.29, 1.82) is 0 Å². The van der Waals surface area contributed by atoms with Gasteiger partial charge in [0.1, 0.15) is 0 Å². The number of rotatable bonds is 8. The molecule has 0 aromatic carbocycles. The molecule has 0 bridgehead atoms. The van der Waals surface area contributed by atoms with Gasteiger partial charge in [0.25, 0.3) is 0 Å². The van der Waals surface area contributed by atoms with Gasteiger partial charge in [-0.2, -0.15) is 8.42 Å². The highest BCUT2D eigenvalue weighted by Gasteiger charge is 1.91.